The van der Waals surface area contributed by atoms with E-state index >= 15 is 0 Å². The van der Waals surface area contributed by atoms with Gasteiger partial charge in [-0.2, -0.15) is 4.98 Å². The van der Waals surface area contributed by atoms with Gasteiger partial charge in [0.05, 0.1) is 0 Å². The third kappa shape index (κ3) is 3.26. The van der Waals surface area contributed by atoms with E-state index in [2.05, 4.69) is 34.2 Å². The summed E-state index contributed by atoms with van der Waals surface area (Å²) in [6.45, 7) is 7.72. The van der Waals surface area contributed by atoms with Gasteiger partial charge in [0.15, 0.2) is 6.33 Å². The van der Waals surface area contributed by atoms with Crippen molar-refractivity contribution in [3.63, 3.8) is 0 Å². The molecule has 1 aliphatic rings. The molecule has 0 radical (unpaired) electrons. The van der Waals surface area contributed by atoms with E-state index in [-0.39, 0.29) is 0 Å². The molecule has 1 fully saturated rings. The van der Waals surface area contributed by atoms with Crippen LogP contribution in [0.1, 0.15) is 32.6 Å². The van der Waals surface area contributed by atoms with Crippen molar-refractivity contribution in [1.29, 1.82) is 0 Å². The molecule has 0 aliphatic carbocycles. The van der Waals surface area contributed by atoms with Crippen molar-refractivity contribution in [3.05, 3.63) is 12.2 Å². The second-order valence-electron chi connectivity index (χ2n) is 4.66. The summed E-state index contributed by atoms with van der Waals surface area (Å²) >= 11 is 0. The lowest BCUT2D eigenvalue weighted by Crippen LogP contribution is -2.56. The van der Waals surface area contributed by atoms with Crippen LogP contribution in [0.4, 0.5) is 0 Å². The molecule has 5 heteroatoms. The largest absolute Gasteiger partial charge is 0.340 e. The Morgan fingerprint density at radius 2 is 2.35 bits per heavy atom. The van der Waals surface area contributed by atoms with Gasteiger partial charge in [-0.1, -0.05) is 19.0 Å². The number of rotatable bonds is 5. The Morgan fingerprint density at radius 3 is 3.00 bits per heavy atom. The minimum absolute atomic E-state index is 0.625. The summed E-state index contributed by atoms with van der Waals surface area (Å²) in [7, 11) is 0. The van der Waals surface area contributed by atoms with Crippen molar-refractivity contribution in [1.82, 2.24) is 20.4 Å². The number of piperazine rings is 1. The van der Waals surface area contributed by atoms with Gasteiger partial charge < -0.3 is 9.84 Å². The molecule has 96 valence electrons. The Balaban J connectivity index is 1.86. The van der Waals surface area contributed by atoms with Crippen LogP contribution in [0.15, 0.2) is 10.9 Å². The lowest BCUT2D eigenvalue weighted by atomic mass is 10.0. The van der Waals surface area contributed by atoms with Crippen molar-refractivity contribution in [2.75, 3.05) is 19.6 Å². The maximum Gasteiger partial charge on any atom is 0.227 e. The summed E-state index contributed by atoms with van der Waals surface area (Å²) in [5.74, 6) is 0.742. The first-order valence-corrected chi connectivity index (χ1v) is 6.56. The zero-order valence-corrected chi connectivity index (χ0v) is 10.7. The second-order valence-corrected chi connectivity index (χ2v) is 4.66. The van der Waals surface area contributed by atoms with Gasteiger partial charge in [-0.15, -0.1) is 0 Å². The molecule has 17 heavy (non-hydrogen) atoms. The average Bonchev–Trinajstić information content (AvgIpc) is 2.89. The van der Waals surface area contributed by atoms with Crippen molar-refractivity contribution in [3.8, 4) is 0 Å². The predicted molar refractivity (Wildman–Crippen MR) is 65.7 cm³/mol. The summed E-state index contributed by atoms with van der Waals surface area (Å²) in [5, 5.41) is 7.24. The van der Waals surface area contributed by atoms with Gasteiger partial charge in [0.2, 0.25) is 5.89 Å². The van der Waals surface area contributed by atoms with Crippen molar-refractivity contribution < 1.29 is 4.52 Å². The number of aromatic nitrogens is 2. The van der Waals surface area contributed by atoms with Crippen LogP contribution in [0.2, 0.25) is 0 Å². The van der Waals surface area contributed by atoms with Crippen LogP contribution in [0.25, 0.3) is 0 Å². The van der Waals surface area contributed by atoms with Gasteiger partial charge in [-0.25, -0.2) is 0 Å². The normalized spacial score (nSPS) is 26.2. The van der Waals surface area contributed by atoms with Crippen molar-refractivity contribution in [2.24, 2.45) is 0 Å². The Hall–Kier alpha value is -0.940. The number of nitrogens with one attached hydrogen (secondary N) is 1. The van der Waals surface area contributed by atoms with Gasteiger partial charge in [0.25, 0.3) is 0 Å². The first kappa shape index (κ1) is 12.5. The minimum Gasteiger partial charge on any atom is -0.340 e. The zero-order valence-electron chi connectivity index (χ0n) is 10.7. The van der Waals surface area contributed by atoms with E-state index in [1.807, 2.05) is 0 Å². The number of hydrogen-bond donors (Lipinski definition) is 1. The fraction of sp³-hybridized carbons (Fsp3) is 0.833. The van der Waals surface area contributed by atoms with Crippen LogP contribution in [-0.2, 0) is 6.42 Å². The molecule has 0 amide bonds. The topological polar surface area (TPSA) is 54.2 Å². The molecule has 0 saturated carbocycles. The van der Waals surface area contributed by atoms with Crippen LogP contribution < -0.4 is 5.32 Å². The molecule has 1 N–H and O–H groups in total. The summed E-state index contributed by atoms with van der Waals surface area (Å²) in [5.41, 5.74) is 0. The van der Waals surface area contributed by atoms with Crippen molar-refractivity contribution in [2.45, 2.75) is 45.2 Å². The Morgan fingerprint density at radius 1 is 1.47 bits per heavy atom. The van der Waals surface area contributed by atoms with Crippen LogP contribution in [-0.4, -0.2) is 46.8 Å². The maximum absolute atomic E-state index is 5.04. The summed E-state index contributed by atoms with van der Waals surface area (Å²) in [6.07, 6.45) is 4.70. The van der Waals surface area contributed by atoms with Gasteiger partial charge in [0.1, 0.15) is 0 Å². The predicted octanol–water partition coefficient (Wildman–Crippen LogP) is 1.07. The first-order valence-electron chi connectivity index (χ1n) is 6.56. The number of hydrogen-bond acceptors (Lipinski definition) is 5. The molecular weight excluding hydrogens is 216 g/mol. The summed E-state index contributed by atoms with van der Waals surface area (Å²) < 4.78 is 5.04. The van der Waals surface area contributed by atoms with Gasteiger partial charge in [-0.3, -0.25) is 4.90 Å². The molecule has 2 unspecified atom stereocenters. The summed E-state index contributed by atoms with van der Waals surface area (Å²) in [4.78, 5) is 6.62. The molecule has 0 aromatic carbocycles. The van der Waals surface area contributed by atoms with Gasteiger partial charge in [-0.05, 0) is 12.8 Å². The highest BCUT2D eigenvalue weighted by Gasteiger charge is 2.25. The molecule has 5 nitrogen and oxygen atoms in total. The molecule has 2 atom stereocenters. The highest BCUT2D eigenvalue weighted by atomic mass is 16.5. The monoisotopic (exact) mass is 238 g/mol. The third-order valence-electron chi connectivity index (χ3n) is 3.60. The fourth-order valence-electron chi connectivity index (χ4n) is 2.42. The fourth-order valence-corrected chi connectivity index (χ4v) is 2.42. The minimum atomic E-state index is 0.625. The van der Waals surface area contributed by atoms with Gasteiger partial charge >= 0.3 is 0 Å². The molecule has 1 saturated heterocycles. The smallest absolute Gasteiger partial charge is 0.227 e. The molecule has 1 aliphatic heterocycles. The molecule has 1 aromatic rings. The average molecular weight is 238 g/mol. The van der Waals surface area contributed by atoms with E-state index < -0.39 is 0 Å². The molecular formula is C12H22N4O. The van der Waals surface area contributed by atoms with Crippen LogP contribution >= 0.6 is 0 Å². The Kier molecular flexibility index (Phi) is 4.50. The van der Waals surface area contributed by atoms with Crippen molar-refractivity contribution >= 4 is 0 Å². The quantitative estimate of drug-likeness (QED) is 0.831. The van der Waals surface area contributed by atoms with E-state index in [1.54, 1.807) is 0 Å². The van der Waals surface area contributed by atoms with E-state index in [4.69, 9.17) is 4.52 Å². The molecule has 0 spiro atoms. The first-order chi connectivity index (χ1) is 8.33. The lowest BCUT2D eigenvalue weighted by molar-refractivity contribution is 0.123. The van der Waals surface area contributed by atoms with Crippen LogP contribution in [0, 0.1) is 0 Å². The highest BCUT2D eigenvalue weighted by Crippen LogP contribution is 2.12. The van der Waals surface area contributed by atoms with Crippen LogP contribution in [0.5, 0.6) is 0 Å². The highest BCUT2D eigenvalue weighted by molar-refractivity contribution is 4.87. The molecule has 0 bridgehead atoms. The van der Waals surface area contributed by atoms with Gasteiger partial charge in [0, 0.05) is 38.1 Å². The van der Waals surface area contributed by atoms with E-state index in [0.29, 0.717) is 12.1 Å². The van der Waals surface area contributed by atoms with E-state index in [9.17, 15) is 0 Å². The SMILES string of the molecule is CCC1CN(CCc2ncno2)C(CC)CN1. The van der Waals surface area contributed by atoms with E-state index in [0.717, 1.165) is 31.9 Å². The molecule has 2 heterocycles. The maximum atomic E-state index is 5.04. The lowest BCUT2D eigenvalue weighted by Gasteiger charge is -2.39. The third-order valence-corrected chi connectivity index (χ3v) is 3.60. The molecule has 1 aromatic heterocycles. The Labute approximate surface area is 103 Å². The zero-order chi connectivity index (χ0) is 12.1. The second kappa shape index (κ2) is 6.12. The number of nitrogens with zero attached hydrogens (tertiary/aromatic N) is 3. The Bertz CT molecular complexity index is 314. The summed E-state index contributed by atoms with van der Waals surface area (Å²) in [6, 6.07) is 1.27. The van der Waals surface area contributed by atoms with E-state index in [1.165, 1.54) is 19.2 Å². The molecule has 2 rings (SSSR count). The standard InChI is InChI=1S/C12H22N4O/c1-3-10-8-16(11(4-2)7-13-10)6-5-12-14-9-15-17-12/h9-11,13H,3-8H2,1-2H3. The van der Waals surface area contributed by atoms with Crippen LogP contribution in [0.3, 0.4) is 0 Å².